The number of nitrogens with two attached hydrogens (primary N) is 1. The number of fused-ring (bicyclic) bond motifs is 1. The number of halogens is 1. The van der Waals surface area contributed by atoms with Gasteiger partial charge in [-0.3, -0.25) is 0 Å². The van der Waals surface area contributed by atoms with Gasteiger partial charge in [-0.05, 0) is 31.4 Å². The molecule has 0 fully saturated rings. The van der Waals surface area contributed by atoms with Crippen molar-refractivity contribution in [3.05, 3.63) is 40.0 Å². The molecule has 0 unspecified atom stereocenters. The van der Waals surface area contributed by atoms with E-state index in [1.807, 2.05) is 24.3 Å². The summed E-state index contributed by atoms with van der Waals surface area (Å²) in [6.07, 6.45) is 3.15. The van der Waals surface area contributed by atoms with Crippen LogP contribution in [0.15, 0.2) is 28.7 Å². The van der Waals surface area contributed by atoms with Gasteiger partial charge in [-0.2, -0.15) is 0 Å². The van der Waals surface area contributed by atoms with Gasteiger partial charge in [0, 0.05) is 21.3 Å². The van der Waals surface area contributed by atoms with Crippen LogP contribution in [0.3, 0.4) is 0 Å². The Morgan fingerprint density at radius 3 is 2.61 bits per heavy atom. The summed E-state index contributed by atoms with van der Waals surface area (Å²) < 4.78 is 1.05. The first-order valence-corrected chi connectivity index (χ1v) is 6.69. The summed E-state index contributed by atoms with van der Waals surface area (Å²) in [5.41, 5.74) is 5.98. The average molecular weight is 305 g/mol. The summed E-state index contributed by atoms with van der Waals surface area (Å²) >= 11 is 3.42. The van der Waals surface area contributed by atoms with E-state index < -0.39 is 0 Å². The van der Waals surface area contributed by atoms with Crippen molar-refractivity contribution < 1.29 is 0 Å². The van der Waals surface area contributed by atoms with Gasteiger partial charge in [-0.15, -0.1) is 0 Å². The van der Waals surface area contributed by atoms with Crippen LogP contribution in [0.5, 0.6) is 0 Å². The first-order chi connectivity index (χ1) is 8.78. The lowest BCUT2D eigenvalue weighted by atomic mass is 10.2. The van der Waals surface area contributed by atoms with Crippen molar-refractivity contribution in [1.82, 2.24) is 9.97 Å². The van der Waals surface area contributed by atoms with Crippen LogP contribution in [-0.4, -0.2) is 9.97 Å². The lowest BCUT2D eigenvalue weighted by molar-refractivity contribution is 0.900. The highest BCUT2D eigenvalue weighted by molar-refractivity contribution is 9.10. The molecule has 1 aliphatic carbocycles. The van der Waals surface area contributed by atoms with Crippen molar-refractivity contribution in [3.63, 3.8) is 0 Å². The fourth-order valence-electron chi connectivity index (χ4n) is 2.28. The van der Waals surface area contributed by atoms with Crippen molar-refractivity contribution in [2.45, 2.75) is 19.3 Å². The molecule has 0 radical (unpaired) electrons. The lowest BCUT2D eigenvalue weighted by Crippen LogP contribution is -2.12. The third-order valence-corrected chi connectivity index (χ3v) is 3.70. The molecule has 0 aliphatic heterocycles. The number of anilines is 1. The van der Waals surface area contributed by atoms with Gasteiger partial charge in [0.15, 0.2) is 5.82 Å². The van der Waals surface area contributed by atoms with Crippen molar-refractivity contribution in [1.29, 1.82) is 0 Å². The summed E-state index contributed by atoms with van der Waals surface area (Å²) in [5.74, 6) is 7.04. The Morgan fingerprint density at radius 2 is 1.89 bits per heavy atom. The third-order valence-electron chi connectivity index (χ3n) is 3.17. The van der Waals surface area contributed by atoms with E-state index in [2.05, 4.69) is 31.3 Å². The first-order valence-electron chi connectivity index (χ1n) is 5.90. The Balaban J connectivity index is 2.10. The predicted molar refractivity (Wildman–Crippen MR) is 75.0 cm³/mol. The fourth-order valence-corrected chi connectivity index (χ4v) is 2.54. The number of benzene rings is 1. The number of hydrogen-bond acceptors (Lipinski definition) is 4. The highest BCUT2D eigenvalue weighted by atomic mass is 79.9. The van der Waals surface area contributed by atoms with Crippen LogP contribution in [-0.2, 0) is 12.8 Å². The Morgan fingerprint density at radius 1 is 1.11 bits per heavy atom. The predicted octanol–water partition coefficient (Wildman–Crippen LogP) is 2.68. The first kappa shape index (κ1) is 11.6. The van der Waals surface area contributed by atoms with Crippen LogP contribution in [0, 0.1) is 0 Å². The van der Waals surface area contributed by atoms with Gasteiger partial charge in [-0.1, -0.05) is 28.1 Å². The minimum atomic E-state index is 0.733. The van der Waals surface area contributed by atoms with E-state index >= 15 is 0 Å². The fraction of sp³-hybridized carbons (Fsp3) is 0.231. The molecular weight excluding hydrogens is 292 g/mol. The second-order valence-electron chi connectivity index (χ2n) is 4.33. The molecule has 1 aliphatic rings. The SMILES string of the molecule is NNc1nc(-c2ccc(Br)cc2)nc2c1CCC2. The molecule has 0 saturated heterocycles. The van der Waals surface area contributed by atoms with Crippen molar-refractivity contribution in [2.24, 2.45) is 5.84 Å². The number of hydrogen-bond donors (Lipinski definition) is 2. The summed E-state index contributed by atoms with van der Waals surface area (Å²) in [5, 5.41) is 0. The topological polar surface area (TPSA) is 63.8 Å². The molecule has 1 heterocycles. The van der Waals surface area contributed by atoms with Crippen LogP contribution >= 0.6 is 15.9 Å². The standard InChI is InChI=1S/C13H13BrN4/c14-9-6-4-8(5-7-9)12-16-11-3-1-2-10(11)13(17-12)18-15/h4-7H,1-3,15H2,(H,16,17,18). The number of aryl methyl sites for hydroxylation is 1. The smallest absolute Gasteiger partial charge is 0.161 e. The normalized spacial score (nSPS) is 13.4. The molecule has 1 aromatic heterocycles. The van der Waals surface area contributed by atoms with Crippen molar-refractivity contribution in [3.8, 4) is 11.4 Å². The maximum atomic E-state index is 5.55. The van der Waals surface area contributed by atoms with E-state index in [-0.39, 0.29) is 0 Å². The maximum absolute atomic E-state index is 5.55. The van der Waals surface area contributed by atoms with Crippen LogP contribution < -0.4 is 11.3 Å². The van der Waals surface area contributed by atoms with Gasteiger partial charge in [0.1, 0.15) is 5.82 Å². The zero-order chi connectivity index (χ0) is 12.5. The molecule has 92 valence electrons. The summed E-state index contributed by atoms with van der Waals surface area (Å²) in [4.78, 5) is 9.14. The number of nitrogens with one attached hydrogen (secondary N) is 1. The van der Waals surface area contributed by atoms with Crippen LogP contribution in [0.25, 0.3) is 11.4 Å². The van der Waals surface area contributed by atoms with Gasteiger partial charge < -0.3 is 5.43 Å². The molecule has 0 amide bonds. The number of rotatable bonds is 2. The van der Waals surface area contributed by atoms with Crippen molar-refractivity contribution >= 4 is 21.7 Å². The van der Waals surface area contributed by atoms with E-state index in [0.29, 0.717) is 0 Å². The minimum Gasteiger partial charge on any atom is -0.308 e. The number of nitrogens with zero attached hydrogens (tertiary/aromatic N) is 2. The molecular formula is C13H13BrN4. The average Bonchev–Trinajstić information content (AvgIpc) is 2.86. The molecule has 3 rings (SSSR count). The van der Waals surface area contributed by atoms with Gasteiger partial charge >= 0.3 is 0 Å². The van der Waals surface area contributed by atoms with E-state index in [9.17, 15) is 0 Å². The van der Waals surface area contributed by atoms with Crippen LogP contribution in [0.1, 0.15) is 17.7 Å². The second kappa shape index (κ2) is 4.66. The van der Waals surface area contributed by atoms with Gasteiger partial charge in [0.2, 0.25) is 0 Å². The van der Waals surface area contributed by atoms with Crippen LogP contribution in [0.4, 0.5) is 5.82 Å². The molecule has 0 bridgehead atoms. The number of aromatic nitrogens is 2. The second-order valence-corrected chi connectivity index (χ2v) is 5.24. The zero-order valence-corrected chi connectivity index (χ0v) is 11.4. The Labute approximate surface area is 114 Å². The Hall–Kier alpha value is -1.46. The van der Waals surface area contributed by atoms with E-state index in [1.165, 1.54) is 5.56 Å². The lowest BCUT2D eigenvalue weighted by Gasteiger charge is -2.09. The zero-order valence-electron chi connectivity index (χ0n) is 9.78. The summed E-state index contributed by atoms with van der Waals surface area (Å²) in [6, 6.07) is 7.98. The molecule has 1 aromatic carbocycles. The van der Waals surface area contributed by atoms with Gasteiger partial charge in [-0.25, -0.2) is 15.8 Å². The van der Waals surface area contributed by atoms with Crippen molar-refractivity contribution in [2.75, 3.05) is 5.43 Å². The Bertz CT molecular complexity index is 580. The largest absolute Gasteiger partial charge is 0.308 e. The minimum absolute atomic E-state index is 0.733. The summed E-state index contributed by atoms with van der Waals surface area (Å²) in [7, 11) is 0. The van der Waals surface area contributed by atoms with E-state index in [0.717, 1.165) is 46.6 Å². The van der Waals surface area contributed by atoms with E-state index in [4.69, 9.17) is 5.84 Å². The molecule has 0 saturated carbocycles. The quantitative estimate of drug-likeness (QED) is 0.661. The van der Waals surface area contributed by atoms with Gasteiger partial charge in [0.25, 0.3) is 0 Å². The highest BCUT2D eigenvalue weighted by Crippen LogP contribution is 2.29. The molecule has 3 N–H and O–H groups in total. The number of hydrazine groups is 1. The monoisotopic (exact) mass is 304 g/mol. The summed E-state index contributed by atoms with van der Waals surface area (Å²) in [6.45, 7) is 0. The molecule has 4 nitrogen and oxygen atoms in total. The maximum Gasteiger partial charge on any atom is 0.161 e. The molecule has 5 heteroatoms. The van der Waals surface area contributed by atoms with Crippen LogP contribution in [0.2, 0.25) is 0 Å². The van der Waals surface area contributed by atoms with Gasteiger partial charge in [0.05, 0.1) is 0 Å². The molecule has 0 spiro atoms. The highest BCUT2D eigenvalue weighted by Gasteiger charge is 2.19. The third kappa shape index (κ3) is 2.00. The molecule has 18 heavy (non-hydrogen) atoms. The number of nitrogen functional groups attached to an aromatic ring is 1. The molecule has 2 aromatic rings. The van der Waals surface area contributed by atoms with E-state index in [1.54, 1.807) is 0 Å². The Kier molecular flexibility index (Phi) is 3.01. The molecule has 0 atom stereocenters.